The Morgan fingerprint density at radius 3 is 2.63 bits per heavy atom. The highest BCUT2D eigenvalue weighted by atomic mass is 16.5. The van der Waals surface area contributed by atoms with Crippen LogP contribution in [0, 0.1) is 11.8 Å². The van der Waals surface area contributed by atoms with E-state index >= 15 is 0 Å². The molecule has 0 aromatic heterocycles. The molecule has 1 heterocycles. The van der Waals surface area contributed by atoms with Gasteiger partial charge in [0.2, 0.25) is 0 Å². The van der Waals surface area contributed by atoms with Gasteiger partial charge in [0, 0.05) is 31.5 Å². The van der Waals surface area contributed by atoms with E-state index in [1.807, 2.05) is 0 Å². The highest BCUT2D eigenvalue weighted by molar-refractivity contribution is 5.56. The van der Waals surface area contributed by atoms with Crippen LogP contribution in [0.1, 0.15) is 19.8 Å². The lowest BCUT2D eigenvalue weighted by Gasteiger charge is -2.30. The molecule has 2 aliphatic rings. The van der Waals surface area contributed by atoms with E-state index in [2.05, 4.69) is 36.1 Å². The van der Waals surface area contributed by atoms with Crippen molar-refractivity contribution in [2.45, 2.75) is 25.3 Å². The minimum atomic E-state index is 0.354. The summed E-state index contributed by atoms with van der Waals surface area (Å²) < 4.78 is 10.5. The van der Waals surface area contributed by atoms with E-state index in [9.17, 15) is 0 Å². The van der Waals surface area contributed by atoms with Crippen molar-refractivity contribution in [2.24, 2.45) is 11.8 Å². The first-order valence-corrected chi connectivity index (χ1v) is 7.12. The maximum absolute atomic E-state index is 5.24. The lowest BCUT2D eigenvalue weighted by Crippen LogP contribution is -2.34. The molecule has 3 rings (SSSR count). The Morgan fingerprint density at radius 2 is 2.00 bits per heavy atom. The van der Waals surface area contributed by atoms with Crippen molar-refractivity contribution in [3.63, 3.8) is 0 Å². The molecular weight excluding hydrogens is 238 g/mol. The lowest BCUT2D eigenvalue weighted by molar-refractivity contribution is 0.185. The number of ether oxygens (including phenoxy) is 2. The van der Waals surface area contributed by atoms with Gasteiger partial charge in [0.05, 0.1) is 7.11 Å². The molecule has 1 aromatic carbocycles. The Hall–Kier alpha value is -1.22. The molecule has 1 saturated carbocycles. The van der Waals surface area contributed by atoms with Crippen LogP contribution in [0.5, 0.6) is 5.75 Å². The number of benzene rings is 1. The molecule has 0 bridgehead atoms. The third-order valence-electron chi connectivity index (χ3n) is 5.14. The summed E-state index contributed by atoms with van der Waals surface area (Å²) in [5.41, 5.74) is 1.68. The van der Waals surface area contributed by atoms with Gasteiger partial charge < -0.3 is 14.4 Å². The van der Waals surface area contributed by atoms with Crippen LogP contribution in [0.15, 0.2) is 24.3 Å². The first-order chi connectivity index (χ1) is 9.21. The molecule has 3 nitrogen and oxygen atoms in total. The van der Waals surface area contributed by atoms with Gasteiger partial charge in [-0.25, -0.2) is 0 Å². The van der Waals surface area contributed by atoms with E-state index in [1.165, 1.54) is 25.1 Å². The SMILES string of the molecule is COCC[C@@H]1[C@@H]2CCN(c3ccc(OC)cc3)[C@]12C. The predicted molar refractivity (Wildman–Crippen MR) is 76.8 cm³/mol. The highest BCUT2D eigenvalue weighted by Gasteiger charge is 2.66. The Kier molecular flexibility index (Phi) is 3.17. The molecular formula is C16H23NO2. The zero-order chi connectivity index (χ0) is 13.5. The minimum absolute atomic E-state index is 0.354. The minimum Gasteiger partial charge on any atom is -0.497 e. The molecule has 3 heteroatoms. The summed E-state index contributed by atoms with van der Waals surface area (Å²) in [5, 5.41) is 0. The zero-order valence-electron chi connectivity index (χ0n) is 12.1. The average Bonchev–Trinajstić information content (AvgIpc) is 2.84. The second-order valence-electron chi connectivity index (χ2n) is 5.86. The van der Waals surface area contributed by atoms with E-state index in [4.69, 9.17) is 9.47 Å². The van der Waals surface area contributed by atoms with Crippen LogP contribution in [-0.2, 0) is 4.74 Å². The topological polar surface area (TPSA) is 21.7 Å². The summed E-state index contributed by atoms with van der Waals surface area (Å²) in [6.07, 6.45) is 2.50. The fourth-order valence-corrected chi connectivity index (χ4v) is 3.99. The largest absolute Gasteiger partial charge is 0.497 e. The van der Waals surface area contributed by atoms with Gasteiger partial charge in [0.15, 0.2) is 0 Å². The van der Waals surface area contributed by atoms with Crippen LogP contribution in [0.4, 0.5) is 5.69 Å². The maximum atomic E-state index is 5.24. The van der Waals surface area contributed by atoms with Crippen LogP contribution in [-0.4, -0.2) is 32.9 Å². The number of fused-ring (bicyclic) bond motifs is 1. The fraction of sp³-hybridized carbons (Fsp3) is 0.625. The lowest BCUT2D eigenvalue weighted by atomic mass is 10.1. The van der Waals surface area contributed by atoms with E-state index in [0.29, 0.717) is 5.54 Å². The first-order valence-electron chi connectivity index (χ1n) is 7.12. The quantitative estimate of drug-likeness (QED) is 0.813. The van der Waals surface area contributed by atoms with Crippen molar-refractivity contribution in [2.75, 3.05) is 32.3 Å². The number of methoxy groups -OCH3 is 2. The molecule has 0 radical (unpaired) electrons. The number of hydrogen-bond donors (Lipinski definition) is 0. The van der Waals surface area contributed by atoms with Crippen LogP contribution >= 0.6 is 0 Å². The molecule has 0 amide bonds. The molecule has 19 heavy (non-hydrogen) atoms. The summed E-state index contributed by atoms with van der Waals surface area (Å²) in [6, 6.07) is 8.47. The van der Waals surface area contributed by atoms with Crippen molar-refractivity contribution in [1.82, 2.24) is 0 Å². The first kappa shape index (κ1) is 12.8. The van der Waals surface area contributed by atoms with Crippen LogP contribution < -0.4 is 9.64 Å². The van der Waals surface area contributed by atoms with E-state index < -0.39 is 0 Å². The van der Waals surface area contributed by atoms with Gasteiger partial charge in [-0.1, -0.05) is 0 Å². The number of nitrogens with zero attached hydrogens (tertiary/aromatic N) is 1. The van der Waals surface area contributed by atoms with Crippen molar-refractivity contribution in [1.29, 1.82) is 0 Å². The Bertz CT molecular complexity index is 445. The molecule has 1 aliphatic carbocycles. The summed E-state index contributed by atoms with van der Waals surface area (Å²) in [6.45, 7) is 4.47. The fourth-order valence-electron chi connectivity index (χ4n) is 3.99. The molecule has 1 aliphatic heterocycles. The normalized spacial score (nSPS) is 32.3. The maximum Gasteiger partial charge on any atom is 0.119 e. The molecule has 2 fully saturated rings. The molecule has 0 unspecified atom stereocenters. The Labute approximate surface area is 115 Å². The number of anilines is 1. The van der Waals surface area contributed by atoms with Gasteiger partial charge in [0.25, 0.3) is 0 Å². The van der Waals surface area contributed by atoms with Crippen molar-refractivity contribution < 1.29 is 9.47 Å². The number of piperidine rings is 1. The monoisotopic (exact) mass is 261 g/mol. The molecule has 1 aromatic rings. The molecule has 0 N–H and O–H groups in total. The Balaban J connectivity index is 1.74. The van der Waals surface area contributed by atoms with Gasteiger partial charge in [0.1, 0.15) is 5.75 Å². The van der Waals surface area contributed by atoms with Gasteiger partial charge in [-0.3, -0.25) is 0 Å². The van der Waals surface area contributed by atoms with Crippen molar-refractivity contribution in [3.8, 4) is 5.75 Å². The van der Waals surface area contributed by atoms with Gasteiger partial charge in [-0.2, -0.15) is 0 Å². The second kappa shape index (κ2) is 4.71. The van der Waals surface area contributed by atoms with Gasteiger partial charge in [-0.05, 0) is 55.9 Å². The third-order valence-corrected chi connectivity index (χ3v) is 5.14. The zero-order valence-corrected chi connectivity index (χ0v) is 12.1. The number of rotatable bonds is 5. The van der Waals surface area contributed by atoms with Crippen LogP contribution in [0.2, 0.25) is 0 Å². The average molecular weight is 261 g/mol. The van der Waals surface area contributed by atoms with Crippen LogP contribution in [0.25, 0.3) is 0 Å². The van der Waals surface area contributed by atoms with E-state index in [0.717, 1.165) is 24.2 Å². The molecule has 3 atom stereocenters. The predicted octanol–water partition coefficient (Wildman–Crippen LogP) is 2.95. The second-order valence-corrected chi connectivity index (χ2v) is 5.86. The number of hydrogen-bond acceptors (Lipinski definition) is 3. The smallest absolute Gasteiger partial charge is 0.119 e. The van der Waals surface area contributed by atoms with Gasteiger partial charge in [-0.15, -0.1) is 0 Å². The van der Waals surface area contributed by atoms with Gasteiger partial charge >= 0.3 is 0 Å². The van der Waals surface area contributed by atoms with Crippen molar-refractivity contribution >= 4 is 5.69 Å². The van der Waals surface area contributed by atoms with Crippen LogP contribution in [0.3, 0.4) is 0 Å². The standard InChI is InChI=1S/C16H23NO2/c1-16-14(15(16)9-11-18-2)8-10-17(16)12-4-6-13(19-3)7-5-12/h4-7,14-15H,8-11H2,1-3H3/t14-,15+,16-/m0/s1. The molecule has 0 spiro atoms. The molecule has 104 valence electrons. The van der Waals surface area contributed by atoms with E-state index in [1.54, 1.807) is 14.2 Å². The third kappa shape index (κ3) is 1.91. The van der Waals surface area contributed by atoms with Crippen molar-refractivity contribution in [3.05, 3.63) is 24.3 Å². The summed E-state index contributed by atoms with van der Waals surface area (Å²) >= 11 is 0. The summed E-state index contributed by atoms with van der Waals surface area (Å²) in [7, 11) is 3.51. The molecule has 1 saturated heterocycles. The summed E-state index contributed by atoms with van der Waals surface area (Å²) in [4.78, 5) is 2.58. The highest BCUT2D eigenvalue weighted by Crippen LogP contribution is 2.63. The van der Waals surface area contributed by atoms with E-state index in [-0.39, 0.29) is 0 Å². The Morgan fingerprint density at radius 1 is 1.26 bits per heavy atom. The summed E-state index contributed by atoms with van der Waals surface area (Å²) in [5.74, 6) is 2.57.